The van der Waals surface area contributed by atoms with Crippen LogP contribution in [-0.4, -0.2) is 52.5 Å². The van der Waals surface area contributed by atoms with E-state index in [-0.39, 0.29) is 11.7 Å². The number of aryl methyl sites for hydroxylation is 1. The van der Waals surface area contributed by atoms with E-state index in [0.717, 1.165) is 43.3 Å². The Kier molecular flexibility index (Phi) is 4.98. The van der Waals surface area contributed by atoms with Gasteiger partial charge in [0.1, 0.15) is 11.5 Å². The SMILES string of the molecule is Cn1c(C(=O)N2CCCC[C@@H]2CCN2CCCC2)cc2cc(F)ccc21. The van der Waals surface area contributed by atoms with Gasteiger partial charge in [0, 0.05) is 37.1 Å². The molecule has 0 unspecified atom stereocenters. The number of likely N-dealkylation sites (tertiary alicyclic amines) is 2. The number of amides is 1. The van der Waals surface area contributed by atoms with Crippen molar-refractivity contribution in [3.05, 3.63) is 35.8 Å². The first-order chi connectivity index (χ1) is 12.6. The quantitative estimate of drug-likeness (QED) is 0.833. The number of piperidine rings is 1. The second-order valence-electron chi connectivity index (χ2n) is 7.78. The van der Waals surface area contributed by atoms with Crippen molar-refractivity contribution < 1.29 is 9.18 Å². The molecule has 4 rings (SSSR count). The van der Waals surface area contributed by atoms with E-state index in [1.807, 2.05) is 17.7 Å². The fourth-order valence-corrected chi connectivity index (χ4v) is 4.58. The molecule has 0 radical (unpaired) electrons. The molecule has 2 fully saturated rings. The lowest BCUT2D eigenvalue weighted by Crippen LogP contribution is -2.45. The topological polar surface area (TPSA) is 28.5 Å². The molecule has 1 aromatic heterocycles. The van der Waals surface area contributed by atoms with Crippen molar-refractivity contribution in [3.63, 3.8) is 0 Å². The normalized spacial score (nSPS) is 21.6. The number of carbonyl (C=O) groups excluding carboxylic acids is 1. The van der Waals surface area contributed by atoms with E-state index in [4.69, 9.17) is 0 Å². The lowest BCUT2D eigenvalue weighted by molar-refractivity contribution is 0.0578. The number of nitrogens with zero attached hydrogens (tertiary/aromatic N) is 3. The van der Waals surface area contributed by atoms with Gasteiger partial charge in [-0.2, -0.15) is 0 Å². The minimum Gasteiger partial charge on any atom is -0.340 e. The van der Waals surface area contributed by atoms with E-state index in [1.165, 1.54) is 44.5 Å². The Bertz CT molecular complexity index is 794. The van der Waals surface area contributed by atoms with Crippen LogP contribution in [0.5, 0.6) is 0 Å². The highest BCUT2D eigenvalue weighted by molar-refractivity contribution is 5.99. The number of halogens is 1. The zero-order valence-corrected chi connectivity index (χ0v) is 15.6. The summed E-state index contributed by atoms with van der Waals surface area (Å²) in [7, 11) is 1.90. The maximum atomic E-state index is 13.5. The molecule has 0 aliphatic carbocycles. The highest BCUT2D eigenvalue weighted by atomic mass is 19.1. The van der Waals surface area contributed by atoms with Crippen molar-refractivity contribution in [1.29, 1.82) is 0 Å². The van der Waals surface area contributed by atoms with Crippen LogP contribution >= 0.6 is 0 Å². The van der Waals surface area contributed by atoms with Crippen molar-refractivity contribution in [2.75, 3.05) is 26.2 Å². The van der Waals surface area contributed by atoms with Crippen LogP contribution in [0.4, 0.5) is 4.39 Å². The Morgan fingerprint density at radius 1 is 1.12 bits per heavy atom. The molecule has 140 valence electrons. The van der Waals surface area contributed by atoms with E-state index in [2.05, 4.69) is 9.80 Å². The van der Waals surface area contributed by atoms with Gasteiger partial charge in [-0.25, -0.2) is 4.39 Å². The van der Waals surface area contributed by atoms with Gasteiger partial charge in [-0.05, 0) is 75.9 Å². The van der Waals surface area contributed by atoms with Gasteiger partial charge < -0.3 is 14.4 Å². The standard InChI is InChI=1S/C21H28FN3O/c1-23-19-8-7-17(22)14-16(19)15-20(23)21(26)25-12-3-2-6-18(25)9-13-24-10-4-5-11-24/h7-8,14-15,18H,2-6,9-13H2,1H3/t18-/m1/s1. The molecule has 0 spiro atoms. The summed E-state index contributed by atoms with van der Waals surface area (Å²) in [4.78, 5) is 17.9. The molecule has 2 aromatic rings. The molecule has 3 heterocycles. The zero-order chi connectivity index (χ0) is 18.1. The molecule has 0 saturated carbocycles. The highest BCUT2D eigenvalue weighted by Gasteiger charge is 2.29. The van der Waals surface area contributed by atoms with E-state index < -0.39 is 0 Å². The molecule has 1 aromatic carbocycles. The van der Waals surface area contributed by atoms with Gasteiger partial charge in [-0.15, -0.1) is 0 Å². The summed E-state index contributed by atoms with van der Waals surface area (Å²) in [6.45, 7) is 4.33. The van der Waals surface area contributed by atoms with Crippen LogP contribution < -0.4 is 0 Å². The van der Waals surface area contributed by atoms with Crippen molar-refractivity contribution >= 4 is 16.8 Å². The predicted molar refractivity (Wildman–Crippen MR) is 102 cm³/mol. The van der Waals surface area contributed by atoms with Gasteiger partial charge in [0.25, 0.3) is 5.91 Å². The fraction of sp³-hybridized carbons (Fsp3) is 0.571. The number of aromatic nitrogens is 1. The lowest BCUT2D eigenvalue weighted by Gasteiger charge is -2.36. The molecule has 2 aliphatic heterocycles. The Balaban J connectivity index is 1.53. The summed E-state index contributed by atoms with van der Waals surface area (Å²) in [6.07, 6.45) is 7.04. The molecular formula is C21H28FN3O. The molecule has 4 nitrogen and oxygen atoms in total. The molecule has 1 amide bonds. The molecule has 1 atom stereocenters. The van der Waals surface area contributed by atoms with E-state index in [0.29, 0.717) is 11.7 Å². The van der Waals surface area contributed by atoms with Crippen LogP contribution in [-0.2, 0) is 7.05 Å². The summed E-state index contributed by atoms with van der Waals surface area (Å²) in [5.41, 5.74) is 1.57. The van der Waals surface area contributed by atoms with E-state index >= 15 is 0 Å². The van der Waals surface area contributed by atoms with Crippen LogP contribution in [0, 0.1) is 5.82 Å². The van der Waals surface area contributed by atoms with Crippen molar-refractivity contribution in [2.24, 2.45) is 7.05 Å². The van der Waals surface area contributed by atoms with Gasteiger partial charge in [0.05, 0.1) is 0 Å². The maximum absolute atomic E-state index is 13.5. The second kappa shape index (κ2) is 7.39. The fourth-order valence-electron chi connectivity index (χ4n) is 4.58. The molecule has 5 heteroatoms. The van der Waals surface area contributed by atoms with Crippen molar-refractivity contribution in [2.45, 2.75) is 44.6 Å². The van der Waals surface area contributed by atoms with E-state index in [9.17, 15) is 9.18 Å². The molecule has 26 heavy (non-hydrogen) atoms. The third-order valence-electron chi connectivity index (χ3n) is 6.09. The number of hydrogen-bond acceptors (Lipinski definition) is 2. The minimum atomic E-state index is -0.261. The Labute approximate surface area is 154 Å². The average molecular weight is 357 g/mol. The van der Waals surface area contributed by atoms with E-state index in [1.54, 1.807) is 6.07 Å². The van der Waals surface area contributed by atoms with Gasteiger partial charge in [-0.3, -0.25) is 4.79 Å². The summed E-state index contributed by atoms with van der Waals surface area (Å²) in [5, 5.41) is 0.793. The Morgan fingerprint density at radius 2 is 1.88 bits per heavy atom. The first-order valence-corrected chi connectivity index (χ1v) is 9.92. The third-order valence-corrected chi connectivity index (χ3v) is 6.09. The largest absolute Gasteiger partial charge is 0.340 e. The number of fused-ring (bicyclic) bond motifs is 1. The Morgan fingerprint density at radius 3 is 2.69 bits per heavy atom. The van der Waals surface area contributed by atoms with Crippen molar-refractivity contribution in [1.82, 2.24) is 14.4 Å². The summed E-state index contributed by atoms with van der Waals surface area (Å²) >= 11 is 0. The maximum Gasteiger partial charge on any atom is 0.270 e. The minimum absolute atomic E-state index is 0.0928. The van der Waals surface area contributed by atoms with Gasteiger partial charge in [0.2, 0.25) is 0 Å². The number of benzene rings is 1. The first-order valence-electron chi connectivity index (χ1n) is 9.92. The lowest BCUT2D eigenvalue weighted by atomic mass is 9.98. The van der Waals surface area contributed by atoms with Crippen LogP contribution in [0.1, 0.15) is 49.0 Å². The summed E-state index contributed by atoms with van der Waals surface area (Å²) in [6, 6.07) is 6.88. The average Bonchev–Trinajstić information content (AvgIpc) is 3.27. The second-order valence-corrected chi connectivity index (χ2v) is 7.78. The van der Waals surface area contributed by atoms with Crippen LogP contribution in [0.25, 0.3) is 10.9 Å². The smallest absolute Gasteiger partial charge is 0.270 e. The van der Waals surface area contributed by atoms with Crippen LogP contribution in [0.15, 0.2) is 24.3 Å². The third kappa shape index (κ3) is 3.37. The Hall–Kier alpha value is -1.88. The predicted octanol–water partition coefficient (Wildman–Crippen LogP) is 3.80. The number of hydrogen-bond donors (Lipinski definition) is 0. The summed E-state index contributed by atoms with van der Waals surface area (Å²) in [5.74, 6) is -0.168. The molecule has 2 saturated heterocycles. The monoisotopic (exact) mass is 357 g/mol. The molecule has 0 bridgehead atoms. The number of rotatable bonds is 4. The first kappa shape index (κ1) is 17.5. The van der Waals surface area contributed by atoms with Gasteiger partial charge in [0.15, 0.2) is 0 Å². The van der Waals surface area contributed by atoms with Crippen LogP contribution in [0.3, 0.4) is 0 Å². The summed E-state index contributed by atoms with van der Waals surface area (Å²) < 4.78 is 15.4. The van der Waals surface area contributed by atoms with Gasteiger partial charge in [-0.1, -0.05) is 0 Å². The zero-order valence-electron chi connectivity index (χ0n) is 15.6. The van der Waals surface area contributed by atoms with Gasteiger partial charge >= 0.3 is 0 Å². The highest BCUT2D eigenvalue weighted by Crippen LogP contribution is 2.26. The molecule has 2 aliphatic rings. The molecule has 0 N–H and O–H groups in total. The van der Waals surface area contributed by atoms with Crippen LogP contribution in [0.2, 0.25) is 0 Å². The van der Waals surface area contributed by atoms with Crippen molar-refractivity contribution in [3.8, 4) is 0 Å². The molecular weight excluding hydrogens is 329 g/mol. The number of carbonyl (C=O) groups is 1.